The van der Waals surface area contributed by atoms with E-state index in [4.69, 9.17) is 11.6 Å². The molecule has 0 spiro atoms. The number of rotatable bonds is 8. The minimum Gasteiger partial charge on any atom is -0.337 e. The summed E-state index contributed by atoms with van der Waals surface area (Å²) in [5, 5.41) is 0.967. The molecule has 188 valence electrons. The van der Waals surface area contributed by atoms with Gasteiger partial charge in [0.05, 0.1) is 10.0 Å². The molecule has 1 fully saturated rings. The lowest BCUT2D eigenvalue weighted by molar-refractivity contribution is -0.118. The molecule has 1 saturated heterocycles. The third kappa shape index (κ3) is 6.16. The zero-order valence-corrected chi connectivity index (χ0v) is 21.5. The summed E-state index contributed by atoms with van der Waals surface area (Å²) >= 11 is 7.06. The molecule has 3 aromatic rings. The first-order valence-corrected chi connectivity index (χ1v) is 13.6. The number of benzene rings is 1. The number of anilines is 1. The topological polar surface area (TPSA) is 99.7 Å². The van der Waals surface area contributed by atoms with Gasteiger partial charge in [0.25, 0.3) is 5.91 Å². The average Bonchev–Trinajstić information content (AvgIpc) is 3.43. The van der Waals surface area contributed by atoms with E-state index in [1.54, 1.807) is 43.7 Å². The molecule has 1 aliphatic rings. The Balaban J connectivity index is 1.41. The van der Waals surface area contributed by atoms with Crippen molar-refractivity contribution in [1.82, 2.24) is 14.6 Å². The van der Waals surface area contributed by atoms with Gasteiger partial charge in [-0.05, 0) is 60.5 Å². The first-order valence-electron chi connectivity index (χ1n) is 10.8. The highest BCUT2D eigenvalue weighted by atomic mass is 35.5. The number of carbonyl (C=O) groups excluding carboxylic acids is 2. The van der Waals surface area contributed by atoms with Crippen LogP contribution < -0.4 is 9.62 Å². The standard InChI is InChI=1S/C24H22ClFN4O4S2/c1-29(15-16-6-10-27-11-7-16)23(31)17-2-4-21(19(26)14-17)30-12-8-20(24(30)32)28-36(33,34)13-9-18-3-5-22(25)35-18/h2-7,9-11,13-14,20,28H,8,12,15H2,1H3. The van der Waals surface area contributed by atoms with Gasteiger partial charge in [-0.3, -0.25) is 14.6 Å². The first-order chi connectivity index (χ1) is 17.1. The summed E-state index contributed by atoms with van der Waals surface area (Å²) in [6.07, 6.45) is 4.81. The number of pyridine rings is 1. The maximum absolute atomic E-state index is 15.0. The molecule has 36 heavy (non-hydrogen) atoms. The smallest absolute Gasteiger partial charge is 0.254 e. The van der Waals surface area contributed by atoms with Gasteiger partial charge in [0.2, 0.25) is 15.9 Å². The van der Waals surface area contributed by atoms with Crippen molar-refractivity contribution in [3.8, 4) is 0 Å². The van der Waals surface area contributed by atoms with Gasteiger partial charge >= 0.3 is 0 Å². The van der Waals surface area contributed by atoms with Crippen LogP contribution in [0.1, 0.15) is 27.2 Å². The molecule has 8 nitrogen and oxygen atoms in total. The second-order valence-corrected chi connectivity index (χ2v) is 11.5. The van der Waals surface area contributed by atoms with E-state index >= 15 is 0 Å². The number of sulfonamides is 1. The summed E-state index contributed by atoms with van der Waals surface area (Å²) in [6.45, 7) is 0.452. The fraction of sp³-hybridized carbons (Fsp3) is 0.208. The summed E-state index contributed by atoms with van der Waals surface area (Å²) in [5.74, 6) is -1.70. The van der Waals surface area contributed by atoms with Crippen molar-refractivity contribution < 1.29 is 22.4 Å². The fourth-order valence-electron chi connectivity index (χ4n) is 3.75. The van der Waals surface area contributed by atoms with Gasteiger partial charge in [-0.2, -0.15) is 4.72 Å². The number of hydrogen-bond acceptors (Lipinski definition) is 6. The molecular formula is C24H22ClFN4O4S2. The van der Waals surface area contributed by atoms with Crippen molar-refractivity contribution in [2.24, 2.45) is 0 Å². The largest absolute Gasteiger partial charge is 0.337 e. The van der Waals surface area contributed by atoms with Gasteiger partial charge in [-0.15, -0.1) is 11.3 Å². The van der Waals surface area contributed by atoms with E-state index < -0.39 is 27.8 Å². The summed E-state index contributed by atoms with van der Waals surface area (Å²) < 4.78 is 42.7. The van der Waals surface area contributed by atoms with E-state index in [0.717, 1.165) is 17.0 Å². The van der Waals surface area contributed by atoms with Crippen molar-refractivity contribution in [1.29, 1.82) is 0 Å². The molecule has 12 heteroatoms. The van der Waals surface area contributed by atoms with Gasteiger partial charge in [0.1, 0.15) is 11.9 Å². The van der Waals surface area contributed by atoms with Crippen LogP contribution in [0.25, 0.3) is 6.08 Å². The highest BCUT2D eigenvalue weighted by molar-refractivity contribution is 7.92. The lowest BCUT2D eigenvalue weighted by Gasteiger charge is -2.20. The summed E-state index contributed by atoms with van der Waals surface area (Å²) in [5.41, 5.74) is 0.998. The Morgan fingerprint density at radius 1 is 1.28 bits per heavy atom. The van der Waals surface area contributed by atoms with Crippen LogP contribution in [0.2, 0.25) is 4.34 Å². The number of amides is 2. The molecule has 0 radical (unpaired) electrons. The second kappa shape index (κ2) is 10.9. The van der Waals surface area contributed by atoms with Crippen LogP contribution in [0.3, 0.4) is 0 Å². The van der Waals surface area contributed by atoms with Gasteiger partial charge in [-0.25, -0.2) is 12.8 Å². The SMILES string of the molecule is CN(Cc1ccncc1)C(=O)c1ccc(N2CCC(NS(=O)(=O)C=Cc3ccc(Cl)s3)C2=O)c(F)c1. The number of nitrogens with one attached hydrogen (secondary N) is 1. The van der Waals surface area contributed by atoms with Gasteiger partial charge in [0.15, 0.2) is 0 Å². The zero-order valence-electron chi connectivity index (χ0n) is 19.1. The molecule has 2 aromatic heterocycles. The normalized spacial score (nSPS) is 16.1. The maximum Gasteiger partial charge on any atom is 0.254 e. The van der Waals surface area contributed by atoms with Crippen LogP contribution in [-0.2, 0) is 21.4 Å². The second-order valence-electron chi connectivity index (χ2n) is 8.12. The Hall–Kier alpha value is -3.12. The van der Waals surface area contributed by atoms with E-state index in [0.29, 0.717) is 15.8 Å². The van der Waals surface area contributed by atoms with Crippen molar-refractivity contribution in [2.45, 2.75) is 19.0 Å². The number of nitrogens with zero attached hydrogens (tertiary/aromatic N) is 3. The molecule has 0 aliphatic carbocycles. The molecule has 3 heterocycles. The van der Waals surface area contributed by atoms with Crippen LogP contribution in [0.5, 0.6) is 0 Å². The highest BCUT2D eigenvalue weighted by Crippen LogP contribution is 2.27. The molecule has 4 rings (SSSR count). The fourth-order valence-corrected chi connectivity index (χ4v) is 5.82. The van der Waals surface area contributed by atoms with Gasteiger partial charge < -0.3 is 9.80 Å². The molecule has 1 aliphatic heterocycles. The zero-order chi connectivity index (χ0) is 25.9. The molecule has 2 amide bonds. The first kappa shape index (κ1) is 26.0. The highest BCUT2D eigenvalue weighted by Gasteiger charge is 2.36. The van der Waals surface area contributed by atoms with Crippen LogP contribution in [0.15, 0.2) is 60.3 Å². The van der Waals surface area contributed by atoms with E-state index in [-0.39, 0.29) is 30.1 Å². The number of carbonyl (C=O) groups is 2. The summed E-state index contributed by atoms with van der Waals surface area (Å²) in [7, 11) is -2.31. The third-order valence-corrected chi connectivity index (χ3v) is 7.82. The Morgan fingerprint density at radius 2 is 2.03 bits per heavy atom. The quantitative estimate of drug-likeness (QED) is 0.460. The Morgan fingerprint density at radius 3 is 2.69 bits per heavy atom. The van der Waals surface area contributed by atoms with Crippen LogP contribution in [-0.4, -0.2) is 49.8 Å². The monoisotopic (exact) mass is 548 g/mol. The number of aromatic nitrogens is 1. The molecular weight excluding hydrogens is 527 g/mol. The minimum absolute atomic E-state index is 0.0150. The van der Waals surface area contributed by atoms with Crippen molar-refractivity contribution in [3.63, 3.8) is 0 Å². The molecule has 1 aromatic carbocycles. The predicted molar refractivity (Wildman–Crippen MR) is 138 cm³/mol. The van der Waals surface area contributed by atoms with Crippen molar-refractivity contribution in [3.05, 3.63) is 86.4 Å². The van der Waals surface area contributed by atoms with Gasteiger partial charge in [0, 0.05) is 48.4 Å². The molecule has 0 bridgehead atoms. The lowest BCUT2D eigenvalue weighted by atomic mass is 10.1. The van der Waals surface area contributed by atoms with Crippen LogP contribution >= 0.6 is 22.9 Å². The Labute approximate surface area is 217 Å². The Bertz CT molecular complexity index is 1410. The molecule has 1 N–H and O–H groups in total. The van der Waals surface area contributed by atoms with Crippen molar-refractivity contribution >= 4 is 56.5 Å². The average molecular weight is 549 g/mol. The van der Waals surface area contributed by atoms with E-state index in [2.05, 4.69) is 9.71 Å². The summed E-state index contributed by atoms with van der Waals surface area (Å²) in [4.78, 5) is 32.8. The summed E-state index contributed by atoms with van der Waals surface area (Å²) in [6, 6.07) is 9.75. The number of thiophene rings is 1. The minimum atomic E-state index is -3.92. The Kier molecular flexibility index (Phi) is 7.84. The van der Waals surface area contributed by atoms with Crippen LogP contribution in [0.4, 0.5) is 10.1 Å². The maximum atomic E-state index is 15.0. The van der Waals surface area contributed by atoms with E-state index in [1.807, 2.05) is 0 Å². The number of halogens is 2. The van der Waals surface area contributed by atoms with E-state index in [9.17, 15) is 22.4 Å². The predicted octanol–water partition coefficient (Wildman–Crippen LogP) is 3.90. The number of hydrogen-bond donors (Lipinski definition) is 1. The molecule has 1 atom stereocenters. The van der Waals surface area contributed by atoms with Crippen molar-refractivity contribution in [2.75, 3.05) is 18.5 Å². The molecule has 1 unspecified atom stereocenters. The van der Waals surface area contributed by atoms with Gasteiger partial charge in [-0.1, -0.05) is 11.6 Å². The lowest BCUT2D eigenvalue weighted by Crippen LogP contribution is -2.41. The third-order valence-electron chi connectivity index (χ3n) is 5.52. The van der Waals surface area contributed by atoms with E-state index in [1.165, 1.54) is 39.3 Å². The molecule has 0 saturated carbocycles. The van der Waals surface area contributed by atoms with Crippen LogP contribution in [0, 0.1) is 5.82 Å².